The highest BCUT2D eigenvalue weighted by Gasteiger charge is 2.28. The predicted octanol–water partition coefficient (Wildman–Crippen LogP) is -0.678. The molecular formula is C7H9FN4O2. The molecule has 0 aromatic carbocycles. The molecule has 76 valence electrons. The molecule has 6 nitrogen and oxygen atoms in total. The third kappa shape index (κ3) is 1.58. The van der Waals surface area contributed by atoms with Crippen LogP contribution >= 0.6 is 0 Å². The van der Waals surface area contributed by atoms with E-state index in [1.165, 1.54) is 0 Å². The summed E-state index contributed by atoms with van der Waals surface area (Å²) in [6, 6.07) is 0. The average Bonchev–Trinajstić information content (AvgIpc) is 2.49. The van der Waals surface area contributed by atoms with Crippen molar-refractivity contribution in [1.29, 1.82) is 0 Å². The molecular weight excluding hydrogens is 191 g/mol. The molecule has 0 radical (unpaired) electrons. The van der Waals surface area contributed by atoms with Crippen LogP contribution in [0.1, 0.15) is 16.2 Å². The van der Waals surface area contributed by atoms with E-state index in [1.54, 1.807) is 4.90 Å². The van der Waals surface area contributed by atoms with Gasteiger partial charge in [0.1, 0.15) is 11.9 Å². The Bertz CT molecular complexity index is 347. The maximum Gasteiger partial charge on any atom is 0.272 e. The lowest BCUT2D eigenvalue weighted by molar-refractivity contribution is 0.0569. The van der Waals surface area contributed by atoms with E-state index in [2.05, 4.69) is 14.9 Å². The Kier molecular flexibility index (Phi) is 2.16. The number of aromatic nitrogens is 2. The summed E-state index contributed by atoms with van der Waals surface area (Å²) in [4.78, 5) is 12.6. The molecule has 1 aromatic heterocycles. The number of halogens is 1. The van der Waals surface area contributed by atoms with E-state index in [9.17, 15) is 9.18 Å². The molecule has 1 saturated heterocycles. The standard InChI is InChI=1S/C7H9FN4O2/c8-4-1-12(2-4)3-5-6(7(9)13)11-14-10-5/h4H,1-3H2,(H2,9,13). The number of likely N-dealkylation sites (tertiary alicyclic amines) is 1. The van der Waals surface area contributed by atoms with Crippen LogP contribution in [0.25, 0.3) is 0 Å². The first-order valence-corrected chi connectivity index (χ1v) is 4.14. The van der Waals surface area contributed by atoms with Gasteiger partial charge in [-0.1, -0.05) is 5.16 Å². The van der Waals surface area contributed by atoms with Crippen LogP contribution in [0.4, 0.5) is 4.39 Å². The monoisotopic (exact) mass is 200 g/mol. The minimum Gasteiger partial charge on any atom is -0.364 e. The Hall–Kier alpha value is -1.50. The molecule has 1 aromatic rings. The molecule has 7 heteroatoms. The largest absolute Gasteiger partial charge is 0.364 e. The van der Waals surface area contributed by atoms with Crippen molar-refractivity contribution in [2.45, 2.75) is 12.7 Å². The lowest BCUT2D eigenvalue weighted by Crippen LogP contribution is -2.47. The van der Waals surface area contributed by atoms with Gasteiger partial charge >= 0.3 is 0 Å². The molecule has 0 aliphatic carbocycles. The average molecular weight is 200 g/mol. The highest BCUT2D eigenvalue weighted by molar-refractivity contribution is 5.91. The molecule has 2 heterocycles. The Labute approximate surface area is 78.8 Å². The number of primary amides is 1. The predicted molar refractivity (Wildman–Crippen MR) is 43.0 cm³/mol. The molecule has 2 rings (SSSR count). The number of nitrogens with two attached hydrogens (primary N) is 1. The lowest BCUT2D eigenvalue weighted by atomic mass is 10.1. The fraction of sp³-hybridized carbons (Fsp3) is 0.571. The number of carbonyl (C=O) groups is 1. The van der Waals surface area contributed by atoms with Gasteiger partial charge in [-0.25, -0.2) is 9.02 Å². The molecule has 0 bridgehead atoms. The smallest absolute Gasteiger partial charge is 0.272 e. The molecule has 1 fully saturated rings. The van der Waals surface area contributed by atoms with Crippen LogP contribution in [0.15, 0.2) is 4.63 Å². The number of alkyl halides is 1. The Morgan fingerprint density at radius 2 is 2.36 bits per heavy atom. The summed E-state index contributed by atoms with van der Waals surface area (Å²) in [6.45, 7) is 1.05. The number of amides is 1. The van der Waals surface area contributed by atoms with E-state index in [1.807, 2.05) is 0 Å². The maximum absolute atomic E-state index is 12.5. The molecule has 1 aliphatic rings. The summed E-state index contributed by atoms with van der Waals surface area (Å²) in [5, 5.41) is 6.90. The van der Waals surface area contributed by atoms with Crippen LogP contribution in [-0.2, 0) is 6.54 Å². The van der Waals surface area contributed by atoms with Gasteiger partial charge in [0, 0.05) is 19.6 Å². The highest BCUT2D eigenvalue weighted by Crippen LogP contribution is 2.15. The van der Waals surface area contributed by atoms with Gasteiger partial charge in [-0.15, -0.1) is 0 Å². The fourth-order valence-electron chi connectivity index (χ4n) is 1.35. The third-order valence-electron chi connectivity index (χ3n) is 2.08. The van der Waals surface area contributed by atoms with Gasteiger partial charge < -0.3 is 5.73 Å². The van der Waals surface area contributed by atoms with Gasteiger partial charge in [0.05, 0.1) is 0 Å². The van der Waals surface area contributed by atoms with Gasteiger partial charge in [-0.05, 0) is 5.16 Å². The van der Waals surface area contributed by atoms with Crippen molar-refractivity contribution in [2.75, 3.05) is 13.1 Å². The zero-order valence-electron chi connectivity index (χ0n) is 7.31. The van der Waals surface area contributed by atoms with Crippen LogP contribution in [0.3, 0.4) is 0 Å². The topological polar surface area (TPSA) is 85.2 Å². The second-order valence-corrected chi connectivity index (χ2v) is 3.22. The minimum absolute atomic E-state index is 0.0207. The van der Waals surface area contributed by atoms with E-state index in [0.717, 1.165) is 0 Å². The van der Waals surface area contributed by atoms with Gasteiger partial charge in [-0.2, -0.15) is 0 Å². The Morgan fingerprint density at radius 3 is 2.93 bits per heavy atom. The summed E-state index contributed by atoms with van der Waals surface area (Å²) in [7, 11) is 0. The van der Waals surface area contributed by atoms with Crippen LogP contribution in [0.2, 0.25) is 0 Å². The number of rotatable bonds is 3. The molecule has 2 N–H and O–H groups in total. The highest BCUT2D eigenvalue weighted by atomic mass is 19.1. The first kappa shape index (κ1) is 9.07. The Morgan fingerprint density at radius 1 is 1.64 bits per heavy atom. The molecule has 0 spiro atoms. The lowest BCUT2D eigenvalue weighted by Gasteiger charge is -2.33. The van der Waals surface area contributed by atoms with E-state index in [-0.39, 0.29) is 5.69 Å². The van der Waals surface area contributed by atoms with Gasteiger partial charge in [0.2, 0.25) is 0 Å². The van der Waals surface area contributed by atoms with E-state index < -0.39 is 12.1 Å². The summed E-state index contributed by atoms with van der Waals surface area (Å²) >= 11 is 0. The van der Waals surface area contributed by atoms with Gasteiger partial charge in [0.15, 0.2) is 5.69 Å². The summed E-state index contributed by atoms with van der Waals surface area (Å²) in [6.07, 6.45) is -0.785. The van der Waals surface area contributed by atoms with Crippen molar-refractivity contribution >= 4 is 5.91 Å². The van der Waals surface area contributed by atoms with Crippen molar-refractivity contribution in [1.82, 2.24) is 15.2 Å². The first-order chi connectivity index (χ1) is 6.66. The molecule has 14 heavy (non-hydrogen) atoms. The normalized spacial score (nSPS) is 18.1. The Balaban J connectivity index is 2.02. The maximum atomic E-state index is 12.5. The van der Waals surface area contributed by atoms with Crippen molar-refractivity contribution < 1.29 is 13.8 Å². The van der Waals surface area contributed by atoms with E-state index in [0.29, 0.717) is 25.3 Å². The number of hydrogen-bond acceptors (Lipinski definition) is 5. The molecule has 1 amide bonds. The zero-order valence-corrected chi connectivity index (χ0v) is 7.31. The van der Waals surface area contributed by atoms with Crippen molar-refractivity contribution in [3.05, 3.63) is 11.4 Å². The first-order valence-electron chi connectivity index (χ1n) is 4.14. The van der Waals surface area contributed by atoms with E-state index in [4.69, 9.17) is 5.73 Å². The van der Waals surface area contributed by atoms with Crippen LogP contribution in [0, 0.1) is 0 Å². The van der Waals surface area contributed by atoms with Gasteiger partial charge in [0.25, 0.3) is 5.91 Å². The van der Waals surface area contributed by atoms with Crippen molar-refractivity contribution in [2.24, 2.45) is 5.73 Å². The minimum atomic E-state index is -0.785. The van der Waals surface area contributed by atoms with E-state index >= 15 is 0 Å². The van der Waals surface area contributed by atoms with Crippen LogP contribution in [-0.4, -0.2) is 40.4 Å². The SMILES string of the molecule is NC(=O)c1nonc1CN1CC(F)C1. The van der Waals surface area contributed by atoms with Crippen LogP contribution < -0.4 is 5.73 Å². The zero-order chi connectivity index (χ0) is 10.1. The molecule has 0 unspecified atom stereocenters. The molecule has 0 saturated carbocycles. The summed E-state index contributed by atoms with van der Waals surface area (Å²) in [5.74, 6) is -0.682. The van der Waals surface area contributed by atoms with Crippen molar-refractivity contribution in [3.8, 4) is 0 Å². The quantitative estimate of drug-likeness (QED) is 0.698. The number of nitrogens with zero attached hydrogens (tertiary/aromatic N) is 3. The second-order valence-electron chi connectivity index (χ2n) is 3.22. The van der Waals surface area contributed by atoms with Crippen molar-refractivity contribution in [3.63, 3.8) is 0 Å². The van der Waals surface area contributed by atoms with Gasteiger partial charge in [-0.3, -0.25) is 9.69 Å². The second kappa shape index (κ2) is 3.33. The number of carbonyl (C=O) groups excluding carboxylic acids is 1. The fourth-order valence-corrected chi connectivity index (χ4v) is 1.35. The molecule has 1 aliphatic heterocycles. The number of hydrogen-bond donors (Lipinski definition) is 1. The summed E-state index contributed by atoms with van der Waals surface area (Å²) in [5.41, 5.74) is 5.41. The van der Waals surface area contributed by atoms with Crippen LogP contribution in [0.5, 0.6) is 0 Å². The third-order valence-corrected chi connectivity index (χ3v) is 2.08. The molecule has 0 atom stereocenters. The summed E-state index contributed by atoms with van der Waals surface area (Å²) < 4.78 is 16.8.